The van der Waals surface area contributed by atoms with Crippen molar-refractivity contribution in [3.8, 4) is 17.2 Å². The van der Waals surface area contributed by atoms with Crippen LogP contribution in [-0.2, 0) is 0 Å². The van der Waals surface area contributed by atoms with E-state index in [1.807, 2.05) is 52.0 Å². The van der Waals surface area contributed by atoms with Crippen LogP contribution in [0.1, 0.15) is 36.7 Å². The van der Waals surface area contributed by atoms with Crippen LogP contribution in [0.4, 0.5) is 0 Å². The summed E-state index contributed by atoms with van der Waals surface area (Å²) in [5.74, 6) is 1.88. The van der Waals surface area contributed by atoms with Crippen molar-refractivity contribution in [2.45, 2.75) is 27.7 Å². The van der Waals surface area contributed by atoms with Crippen molar-refractivity contribution in [1.29, 1.82) is 0 Å². The van der Waals surface area contributed by atoms with Crippen LogP contribution < -0.4 is 38.4 Å². The largest absolute Gasteiger partial charge is 1.00 e. The second-order valence-corrected chi connectivity index (χ2v) is 7.09. The quantitative estimate of drug-likeness (QED) is 0.476. The molecule has 0 amide bonds. The normalized spacial score (nSPS) is 10.6. The second kappa shape index (κ2) is 11.6. The van der Waals surface area contributed by atoms with Crippen LogP contribution in [0.3, 0.4) is 0 Å². The first-order valence-electron chi connectivity index (χ1n) is 8.64. The number of rotatable bonds is 9. The van der Waals surface area contributed by atoms with Crippen molar-refractivity contribution in [1.82, 2.24) is 0 Å². The molecule has 0 aromatic heterocycles. The van der Waals surface area contributed by atoms with Gasteiger partial charge in [-0.05, 0) is 47.9 Å². The zero-order valence-corrected chi connectivity index (χ0v) is 18.3. The van der Waals surface area contributed by atoms with E-state index in [1.54, 1.807) is 6.07 Å². The number of benzene rings is 2. The minimum absolute atomic E-state index is 0. The molecule has 1 unspecified atom stereocenters. The third-order valence-corrected chi connectivity index (χ3v) is 5.17. The monoisotopic (exact) mass is 401 g/mol. The van der Waals surface area contributed by atoms with Crippen LogP contribution in [0.15, 0.2) is 30.3 Å². The molecule has 140 valence electrons. The second-order valence-electron chi connectivity index (χ2n) is 5.48. The fraction of sp³-hybridized carbons (Fsp3) is 0.350. The van der Waals surface area contributed by atoms with Crippen molar-refractivity contribution < 1.29 is 37.9 Å². The van der Waals surface area contributed by atoms with E-state index in [-0.39, 0.29) is 33.0 Å². The van der Waals surface area contributed by atoms with Gasteiger partial charge < -0.3 is 14.2 Å². The number of hydrogen-bond acceptors (Lipinski definition) is 4. The number of halogens is 1. The molecule has 0 aliphatic heterocycles. The molecule has 0 saturated carbocycles. The summed E-state index contributed by atoms with van der Waals surface area (Å²) in [4.78, 5) is 13.0. The molecule has 0 aliphatic carbocycles. The van der Waals surface area contributed by atoms with Gasteiger partial charge >= 0.3 is 18.9 Å². The molecule has 0 spiro atoms. The zero-order chi connectivity index (χ0) is 19.1. The maximum absolute atomic E-state index is 13.0. The van der Waals surface area contributed by atoms with Crippen molar-refractivity contribution >= 4 is 31.0 Å². The van der Waals surface area contributed by atoms with Crippen LogP contribution in [0.2, 0.25) is 5.02 Å². The summed E-state index contributed by atoms with van der Waals surface area (Å²) >= 11 is 6.26. The molecule has 2 rings (SSSR count). The van der Waals surface area contributed by atoms with Crippen molar-refractivity contribution in [2.75, 3.05) is 19.8 Å². The van der Waals surface area contributed by atoms with Gasteiger partial charge in [0.25, 0.3) is 0 Å². The molecule has 0 saturated heterocycles. The Bertz CT molecular complexity index is 735. The van der Waals surface area contributed by atoms with Gasteiger partial charge in [-0.2, -0.15) is 0 Å². The predicted molar refractivity (Wildman–Crippen MR) is 108 cm³/mol. The minimum Gasteiger partial charge on any atom is -0.494 e. The van der Waals surface area contributed by atoms with Crippen molar-refractivity contribution in [3.05, 3.63) is 46.5 Å². The van der Waals surface area contributed by atoms with E-state index in [0.717, 1.165) is 10.9 Å². The molecule has 2 aromatic carbocycles. The standard InChI is InChI=1S/C20H24ClO4P.Li/c1-5-23-14-11-16(24-6-2)19(17(12-14)25-7-3)26-20(22)18-13(4)9-8-10-15(18)21;/h8-12,26H,5-7H2,1-4H3;/q;+1. The van der Waals surface area contributed by atoms with Crippen molar-refractivity contribution in [3.63, 3.8) is 0 Å². The molecule has 0 heterocycles. The molecule has 7 heteroatoms. The molecule has 0 fully saturated rings. The van der Waals surface area contributed by atoms with Gasteiger partial charge in [-0.15, -0.1) is 0 Å². The Morgan fingerprint density at radius 1 is 1.00 bits per heavy atom. The summed E-state index contributed by atoms with van der Waals surface area (Å²) in [7, 11) is -0.165. The third kappa shape index (κ3) is 6.16. The average molecular weight is 402 g/mol. The molecule has 0 N–H and O–H groups in total. The Hall–Kier alpha value is -1.17. The Kier molecular flexibility index (Phi) is 10.3. The fourth-order valence-corrected chi connectivity index (χ4v) is 4.18. The summed E-state index contributed by atoms with van der Waals surface area (Å²) < 4.78 is 17.1. The van der Waals surface area contributed by atoms with Crippen LogP contribution in [-0.4, -0.2) is 25.3 Å². The minimum atomic E-state index is -0.165. The summed E-state index contributed by atoms with van der Waals surface area (Å²) in [6.45, 7) is 9.11. The van der Waals surface area contributed by atoms with Crippen LogP contribution in [0.5, 0.6) is 17.2 Å². The topological polar surface area (TPSA) is 44.8 Å². The Labute approximate surface area is 179 Å². The molecule has 0 radical (unpaired) electrons. The zero-order valence-electron chi connectivity index (χ0n) is 16.5. The molecule has 0 aliphatic rings. The molecule has 2 aromatic rings. The van der Waals surface area contributed by atoms with E-state index in [2.05, 4.69) is 0 Å². The Balaban J connectivity index is 0.00000364. The SMILES string of the molecule is CCOc1cc(OCC)c(PC(=O)c2c(C)cccc2Cl)c(OCC)c1.[Li+]. The van der Waals surface area contributed by atoms with E-state index in [1.165, 1.54) is 0 Å². The first-order chi connectivity index (χ1) is 12.5. The molecular formula is C20H24ClLiO4P+. The van der Waals surface area contributed by atoms with Gasteiger partial charge in [-0.25, -0.2) is 0 Å². The number of carbonyl (C=O) groups excluding carboxylic acids is 1. The van der Waals surface area contributed by atoms with Gasteiger partial charge in [-0.1, -0.05) is 23.7 Å². The molecule has 4 nitrogen and oxygen atoms in total. The number of carbonyl (C=O) groups is 1. The van der Waals surface area contributed by atoms with E-state index in [0.29, 0.717) is 47.7 Å². The molecule has 0 bridgehead atoms. The first kappa shape index (κ1) is 23.9. The average Bonchev–Trinajstić information content (AvgIpc) is 2.58. The number of ether oxygens (including phenoxy) is 3. The van der Waals surface area contributed by atoms with Gasteiger partial charge in [0.05, 0.1) is 30.1 Å². The summed E-state index contributed by atoms with van der Waals surface area (Å²) in [6, 6.07) is 9.08. The van der Waals surface area contributed by atoms with Crippen LogP contribution in [0.25, 0.3) is 0 Å². The third-order valence-electron chi connectivity index (χ3n) is 3.64. The number of hydrogen-bond donors (Lipinski definition) is 0. The van der Waals surface area contributed by atoms with E-state index in [9.17, 15) is 4.79 Å². The van der Waals surface area contributed by atoms with E-state index in [4.69, 9.17) is 25.8 Å². The number of aryl methyl sites for hydroxylation is 1. The molecule has 1 atom stereocenters. The van der Waals surface area contributed by atoms with Gasteiger partial charge in [0.1, 0.15) is 17.2 Å². The van der Waals surface area contributed by atoms with Gasteiger partial charge in [0.2, 0.25) is 0 Å². The smallest absolute Gasteiger partial charge is 0.494 e. The maximum atomic E-state index is 13.0. The van der Waals surface area contributed by atoms with Gasteiger partial charge in [-0.3, -0.25) is 4.79 Å². The van der Waals surface area contributed by atoms with E-state index < -0.39 is 0 Å². The Morgan fingerprint density at radius 2 is 1.56 bits per heavy atom. The summed E-state index contributed by atoms with van der Waals surface area (Å²) in [5.41, 5.74) is 1.36. The van der Waals surface area contributed by atoms with Crippen molar-refractivity contribution in [2.24, 2.45) is 0 Å². The van der Waals surface area contributed by atoms with Gasteiger partial charge in [0.15, 0.2) is 5.52 Å². The summed E-state index contributed by atoms with van der Waals surface area (Å²) in [6.07, 6.45) is 0. The molecule has 27 heavy (non-hydrogen) atoms. The predicted octanol–water partition coefficient (Wildman–Crippen LogP) is 1.99. The maximum Gasteiger partial charge on any atom is 1.00 e. The van der Waals surface area contributed by atoms with Crippen LogP contribution in [0, 0.1) is 6.92 Å². The van der Waals surface area contributed by atoms with Crippen LogP contribution >= 0.6 is 20.2 Å². The molecular weight excluding hydrogens is 378 g/mol. The Morgan fingerprint density at radius 3 is 2.04 bits per heavy atom. The van der Waals surface area contributed by atoms with E-state index >= 15 is 0 Å². The van der Waals surface area contributed by atoms with Gasteiger partial charge in [0, 0.05) is 17.7 Å². The first-order valence-corrected chi connectivity index (χ1v) is 10.0. The summed E-state index contributed by atoms with van der Waals surface area (Å²) in [5, 5.41) is 1.20. The fourth-order valence-electron chi connectivity index (χ4n) is 2.57.